The SMILES string of the molecule is Cc1nn(-c2ccccc2)c(Oc2ccc(F)cc2)c1CN(CC(C)O)CC1CC1. The van der Waals surface area contributed by atoms with Crippen molar-refractivity contribution in [1.82, 2.24) is 14.7 Å². The van der Waals surface area contributed by atoms with Crippen LogP contribution in [0.4, 0.5) is 4.39 Å². The zero-order valence-electron chi connectivity index (χ0n) is 17.5. The number of rotatable bonds is 9. The summed E-state index contributed by atoms with van der Waals surface area (Å²) in [5, 5.41) is 14.7. The highest BCUT2D eigenvalue weighted by molar-refractivity contribution is 5.43. The van der Waals surface area contributed by atoms with Crippen LogP contribution in [0.2, 0.25) is 0 Å². The first-order valence-corrected chi connectivity index (χ1v) is 10.5. The molecule has 0 aliphatic heterocycles. The molecular formula is C24H28FN3O2. The Balaban J connectivity index is 1.70. The van der Waals surface area contributed by atoms with E-state index >= 15 is 0 Å². The average Bonchev–Trinajstić information content (AvgIpc) is 3.49. The van der Waals surface area contributed by atoms with E-state index in [1.54, 1.807) is 16.8 Å². The Morgan fingerprint density at radius 3 is 2.50 bits per heavy atom. The van der Waals surface area contributed by atoms with Gasteiger partial charge in [-0.05, 0) is 69.0 Å². The minimum absolute atomic E-state index is 0.303. The van der Waals surface area contributed by atoms with Crippen LogP contribution in [0.1, 0.15) is 31.0 Å². The Morgan fingerprint density at radius 2 is 1.87 bits per heavy atom. The maximum absolute atomic E-state index is 13.4. The van der Waals surface area contributed by atoms with Crippen LogP contribution in [0.25, 0.3) is 5.69 Å². The molecule has 1 heterocycles. The minimum atomic E-state index is -0.408. The lowest BCUT2D eigenvalue weighted by Gasteiger charge is -2.24. The largest absolute Gasteiger partial charge is 0.439 e. The molecule has 1 saturated carbocycles. The minimum Gasteiger partial charge on any atom is -0.439 e. The molecular weight excluding hydrogens is 381 g/mol. The number of aromatic nitrogens is 2. The molecule has 1 N–H and O–H groups in total. The fraction of sp³-hybridized carbons (Fsp3) is 0.375. The third kappa shape index (κ3) is 5.07. The molecule has 0 saturated heterocycles. The van der Waals surface area contributed by atoms with E-state index in [1.165, 1.54) is 25.0 Å². The van der Waals surface area contributed by atoms with Crippen LogP contribution in [-0.4, -0.2) is 39.0 Å². The molecule has 30 heavy (non-hydrogen) atoms. The van der Waals surface area contributed by atoms with Gasteiger partial charge in [0.25, 0.3) is 0 Å². The summed E-state index contributed by atoms with van der Waals surface area (Å²) in [5.74, 6) is 1.58. The van der Waals surface area contributed by atoms with Gasteiger partial charge < -0.3 is 9.84 Å². The van der Waals surface area contributed by atoms with Gasteiger partial charge in [-0.3, -0.25) is 4.90 Å². The molecule has 4 rings (SSSR count). The van der Waals surface area contributed by atoms with E-state index in [1.807, 2.05) is 44.2 Å². The van der Waals surface area contributed by atoms with Gasteiger partial charge in [0.2, 0.25) is 5.88 Å². The van der Waals surface area contributed by atoms with Gasteiger partial charge in [-0.1, -0.05) is 18.2 Å². The van der Waals surface area contributed by atoms with Crippen molar-refractivity contribution < 1.29 is 14.2 Å². The summed E-state index contributed by atoms with van der Waals surface area (Å²) in [6, 6.07) is 15.8. The number of benzene rings is 2. The smallest absolute Gasteiger partial charge is 0.227 e. The first kappa shape index (κ1) is 20.6. The molecule has 1 unspecified atom stereocenters. The van der Waals surface area contributed by atoms with Gasteiger partial charge in [0.1, 0.15) is 11.6 Å². The van der Waals surface area contributed by atoms with E-state index < -0.39 is 6.10 Å². The lowest BCUT2D eigenvalue weighted by molar-refractivity contribution is 0.118. The number of hydrogen-bond donors (Lipinski definition) is 1. The Bertz CT molecular complexity index is 962. The molecule has 2 aromatic carbocycles. The third-order valence-electron chi connectivity index (χ3n) is 5.28. The predicted octanol–water partition coefficient (Wildman–Crippen LogP) is 4.70. The second kappa shape index (κ2) is 8.98. The summed E-state index contributed by atoms with van der Waals surface area (Å²) < 4.78 is 21.4. The van der Waals surface area contributed by atoms with Crippen LogP contribution < -0.4 is 4.74 Å². The van der Waals surface area contributed by atoms with Crippen LogP contribution in [0.3, 0.4) is 0 Å². The van der Waals surface area contributed by atoms with Crippen molar-refractivity contribution in [3.63, 3.8) is 0 Å². The normalized spacial score (nSPS) is 14.8. The van der Waals surface area contributed by atoms with Crippen molar-refractivity contribution in [3.05, 3.63) is 71.7 Å². The number of aliphatic hydroxyl groups excluding tert-OH is 1. The van der Waals surface area contributed by atoms with Crippen LogP contribution in [-0.2, 0) is 6.54 Å². The van der Waals surface area contributed by atoms with E-state index in [0.717, 1.165) is 23.5 Å². The van der Waals surface area contributed by atoms with Gasteiger partial charge in [-0.25, -0.2) is 9.07 Å². The Labute approximate surface area is 176 Å². The molecule has 5 nitrogen and oxygen atoms in total. The van der Waals surface area contributed by atoms with Gasteiger partial charge in [-0.15, -0.1) is 0 Å². The summed E-state index contributed by atoms with van der Waals surface area (Å²) in [6.45, 7) is 5.98. The Morgan fingerprint density at radius 1 is 1.17 bits per heavy atom. The maximum atomic E-state index is 13.4. The standard InChI is InChI=1S/C24H28FN3O2/c1-17(29)14-27(15-19-8-9-19)16-23-18(2)26-28(21-6-4-3-5-7-21)24(23)30-22-12-10-20(25)11-13-22/h3-7,10-13,17,19,29H,8-9,14-16H2,1-2H3. The fourth-order valence-electron chi connectivity index (χ4n) is 3.65. The number of aryl methyl sites for hydroxylation is 1. The Kier molecular flexibility index (Phi) is 6.16. The number of hydrogen-bond acceptors (Lipinski definition) is 4. The maximum Gasteiger partial charge on any atom is 0.227 e. The van der Waals surface area contributed by atoms with Crippen LogP contribution in [0.15, 0.2) is 54.6 Å². The first-order valence-electron chi connectivity index (χ1n) is 10.5. The highest BCUT2D eigenvalue weighted by Crippen LogP contribution is 2.34. The van der Waals surface area contributed by atoms with Gasteiger partial charge in [0.15, 0.2) is 0 Å². The predicted molar refractivity (Wildman–Crippen MR) is 114 cm³/mol. The van der Waals surface area contributed by atoms with E-state index in [-0.39, 0.29) is 5.82 Å². The summed E-state index contributed by atoms with van der Waals surface area (Å²) in [5.41, 5.74) is 2.75. The van der Waals surface area contributed by atoms with Gasteiger partial charge in [-0.2, -0.15) is 5.10 Å². The summed E-state index contributed by atoms with van der Waals surface area (Å²) in [7, 11) is 0. The number of aliphatic hydroxyl groups is 1. The molecule has 158 valence electrons. The Hall–Kier alpha value is -2.70. The molecule has 0 radical (unpaired) electrons. The molecule has 1 aliphatic carbocycles. The molecule has 1 aliphatic rings. The van der Waals surface area contributed by atoms with Crippen molar-refractivity contribution in [2.24, 2.45) is 5.92 Å². The quantitative estimate of drug-likeness (QED) is 0.556. The van der Waals surface area contributed by atoms with Crippen LogP contribution >= 0.6 is 0 Å². The van der Waals surface area contributed by atoms with E-state index in [9.17, 15) is 9.50 Å². The van der Waals surface area contributed by atoms with E-state index in [2.05, 4.69) is 4.90 Å². The third-order valence-corrected chi connectivity index (χ3v) is 5.28. The lowest BCUT2D eigenvalue weighted by Crippen LogP contribution is -2.32. The lowest BCUT2D eigenvalue weighted by atomic mass is 10.2. The molecule has 0 amide bonds. The number of nitrogens with zero attached hydrogens (tertiary/aromatic N) is 3. The molecule has 1 atom stereocenters. The topological polar surface area (TPSA) is 50.5 Å². The van der Waals surface area contributed by atoms with Crippen molar-refractivity contribution in [2.45, 2.75) is 39.3 Å². The van der Waals surface area contributed by atoms with Crippen molar-refractivity contribution >= 4 is 0 Å². The summed E-state index contributed by atoms with van der Waals surface area (Å²) >= 11 is 0. The number of halogens is 1. The second-order valence-electron chi connectivity index (χ2n) is 8.16. The first-order chi connectivity index (χ1) is 14.5. The molecule has 3 aromatic rings. The summed E-state index contributed by atoms with van der Waals surface area (Å²) in [4.78, 5) is 2.28. The zero-order chi connectivity index (χ0) is 21.1. The zero-order valence-corrected chi connectivity index (χ0v) is 17.5. The van der Waals surface area contributed by atoms with Crippen LogP contribution in [0, 0.1) is 18.7 Å². The average molecular weight is 410 g/mol. The van der Waals surface area contributed by atoms with E-state index in [4.69, 9.17) is 9.84 Å². The molecule has 0 bridgehead atoms. The van der Waals surface area contributed by atoms with Crippen molar-refractivity contribution in [3.8, 4) is 17.3 Å². The van der Waals surface area contributed by atoms with Gasteiger partial charge in [0.05, 0.1) is 23.0 Å². The molecule has 1 aromatic heterocycles. The van der Waals surface area contributed by atoms with Crippen LogP contribution in [0.5, 0.6) is 11.6 Å². The second-order valence-corrected chi connectivity index (χ2v) is 8.16. The molecule has 0 spiro atoms. The van der Waals surface area contributed by atoms with Gasteiger partial charge in [0, 0.05) is 19.6 Å². The number of ether oxygens (including phenoxy) is 1. The van der Waals surface area contributed by atoms with E-state index in [0.29, 0.717) is 30.6 Å². The van der Waals surface area contributed by atoms with Gasteiger partial charge >= 0.3 is 0 Å². The monoisotopic (exact) mass is 409 g/mol. The van der Waals surface area contributed by atoms with Crippen molar-refractivity contribution in [2.75, 3.05) is 13.1 Å². The summed E-state index contributed by atoms with van der Waals surface area (Å²) in [6.07, 6.45) is 2.09. The fourth-order valence-corrected chi connectivity index (χ4v) is 3.65. The highest BCUT2D eigenvalue weighted by atomic mass is 19.1. The molecule has 6 heteroatoms. The van der Waals surface area contributed by atoms with Crippen molar-refractivity contribution in [1.29, 1.82) is 0 Å². The highest BCUT2D eigenvalue weighted by Gasteiger charge is 2.27. The molecule has 1 fully saturated rings. The number of para-hydroxylation sites is 1.